The fourth-order valence-corrected chi connectivity index (χ4v) is 5.41. The molecule has 6 nitrogen and oxygen atoms in total. The van der Waals surface area contributed by atoms with Gasteiger partial charge in [-0.05, 0) is 29.8 Å². The number of piperazine rings is 1. The average molecular weight is 409 g/mol. The van der Waals surface area contributed by atoms with Gasteiger partial charge in [-0.1, -0.05) is 29.8 Å². The first-order valence-corrected chi connectivity index (χ1v) is 10.8. The Hall–Kier alpha value is -1.58. The number of nitrogens with zero attached hydrogens (tertiary/aromatic N) is 4. The van der Waals surface area contributed by atoms with Crippen LogP contribution in [0.4, 0.5) is 0 Å². The number of benzene rings is 2. The highest BCUT2D eigenvalue weighted by molar-refractivity contribution is 7.89. The average Bonchev–Trinajstić information content (AvgIpc) is 3.13. The largest absolute Gasteiger partial charge is 0.296 e. The molecule has 0 saturated carbocycles. The maximum Gasteiger partial charge on any atom is 0.245 e. The summed E-state index contributed by atoms with van der Waals surface area (Å²) in [6.07, 6.45) is 0. The zero-order valence-electron chi connectivity index (χ0n) is 13.9. The number of aromatic nitrogens is 2. The van der Waals surface area contributed by atoms with Gasteiger partial charge < -0.3 is 0 Å². The molecule has 1 aliphatic rings. The minimum Gasteiger partial charge on any atom is -0.296 e. The summed E-state index contributed by atoms with van der Waals surface area (Å²) in [5.41, 5.74) is 2.25. The number of hydrogen-bond acceptors (Lipinski definition) is 6. The molecule has 2 heterocycles. The monoisotopic (exact) mass is 408 g/mol. The summed E-state index contributed by atoms with van der Waals surface area (Å²) in [5, 5.41) is 0.718. The molecule has 0 spiro atoms. The molecule has 1 fully saturated rings. The van der Waals surface area contributed by atoms with Crippen LogP contribution < -0.4 is 0 Å². The molecule has 3 aromatic rings. The number of hydrogen-bond donors (Lipinski definition) is 0. The van der Waals surface area contributed by atoms with Gasteiger partial charge in [-0.25, -0.2) is 8.42 Å². The van der Waals surface area contributed by atoms with Gasteiger partial charge in [0.15, 0.2) is 0 Å². The lowest BCUT2D eigenvalue weighted by atomic mass is 10.2. The van der Waals surface area contributed by atoms with Crippen LogP contribution in [0.15, 0.2) is 47.4 Å². The number of rotatable bonds is 4. The van der Waals surface area contributed by atoms with Crippen LogP contribution in [0.5, 0.6) is 0 Å². The van der Waals surface area contributed by atoms with Gasteiger partial charge in [0.1, 0.15) is 15.9 Å². The van der Waals surface area contributed by atoms with Gasteiger partial charge in [-0.2, -0.15) is 13.1 Å². The van der Waals surface area contributed by atoms with E-state index in [0.29, 0.717) is 37.2 Å². The molecular formula is C17H17ClN4O2S2. The van der Waals surface area contributed by atoms with E-state index in [2.05, 4.69) is 13.6 Å². The molecule has 0 aliphatic carbocycles. The first-order valence-electron chi connectivity index (χ1n) is 8.22. The zero-order chi connectivity index (χ0) is 18.1. The van der Waals surface area contributed by atoms with Crippen molar-refractivity contribution in [2.24, 2.45) is 0 Å². The molecular weight excluding hydrogens is 392 g/mol. The van der Waals surface area contributed by atoms with Gasteiger partial charge >= 0.3 is 0 Å². The highest BCUT2D eigenvalue weighted by atomic mass is 35.5. The number of fused-ring (bicyclic) bond motifs is 1. The summed E-state index contributed by atoms with van der Waals surface area (Å²) < 4.78 is 35.9. The lowest BCUT2D eigenvalue weighted by molar-refractivity contribution is 0.181. The van der Waals surface area contributed by atoms with Crippen LogP contribution in [0.2, 0.25) is 5.02 Å². The Morgan fingerprint density at radius 1 is 1.00 bits per heavy atom. The van der Waals surface area contributed by atoms with E-state index in [-0.39, 0.29) is 4.90 Å². The summed E-state index contributed by atoms with van der Waals surface area (Å²) in [6.45, 7) is 3.09. The topological polar surface area (TPSA) is 66.4 Å². The fraction of sp³-hybridized carbons (Fsp3) is 0.294. The van der Waals surface area contributed by atoms with E-state index < -0.39 is 10.0 Å². The van der Waals surface area contributed by atoms with Crippen molar-refractivity contribution in [2.75, 3.05) is 26.2 Å². The number of sulfonamides is 1. The van der Waals surface area contributed by atoms with E-state index >= 15 is 0 Å². The van der Waals surface area contributed by atoms with Crippen molar-refractivity contribution in [3.8, 4) is 0 Å². The molecule has 0 radical (unpaired) electrons. The highest BCUT2D eigenvalue weighted by Gasteiger charge is 2.30. The zero-order valence-corrected chi connectivity index (χ0v) is 16.3. The molecule has 1 saturated heterocycles. The molecule has 1 aliphatic heterocycles. The Morgan fingerprint density at radius 2 is 1.73 bits per heavy atom. The summed E-state index contributed by atoms with van der Waals surface area (Å²) in [4.78, 5) is 2.50. The summed E-state index contributed by atoms with van der Waals surface area (Å²) in [5.74, 6) is 0. The second kappa shape index (κ2) is 7.21. The SMILES string of the molecule is O=S(=O)(c1cccc2nsnc12)N1CCN(Cc2ccc(Cl)cc2)CC1. The van der Waals surface area contributed by atoms with Gasteiger partial charge in [-0.15, -0.1) is 0 Å². The van der Waals surface area contributed by atoms with E-state index in [0.717, 1.165) is 23.3 Å². The van der Waals surface area contributed by atoms with E-state index in [1.165, 1.54) is 5.56 Å². The van der Waals surface area contributed by atoms with Gasteiger partial charge in [0, 0.05) is 37.7 Å². The quantitative estimate of drug-likeness (QED) is 0.664. The molecule has 2 aromatic carbocycles. The molecule has 9 heteroatoms. The lowest BCUT2D eigenvalue weighted by Crippen LogP contribution is -2.48. The van der Waals surface area contributed by atoms with Crippen molar-refractivity contribution in [2.45, 2.75) is 11.4 Å². The molecule has 0 N–H and O–H groups in total. The second-order valence-electron chi connectivity index (χ2n) is 6.19. The van der Waals surface area contributed by atoms with Crippen molar-refractivity contribution in [1.29, 1.82) is 0 Å². The standard InChI is InChI=1S/C17H17ClN4O2S2/c18-14-6-4-13(5-7-14)12-21-8-10-22(11-9-21)26(23,24)16-3-1-2-15-17(16)20-25-19-15/h1-7H,8-12H2. The van der Waals surface area contributed by atoms with Crippen LogP contribution >= 0.6 is 23.3 Å². The predicted molar refractivity (Wildman–Crippen MR) is 103 cm³/mol. The predicted octanol–water partition coefficient (Wildman–Crippen LogP) is 2.85. The summed E-state index contributed by atoms with van der Waals surface area (Å²) >= 11 is 6.95. The van der Waals surface area contributed by atoms with Crippen LogP contribution in [0, 0.1) is 0 Å². The maximum atomic E-state index is 13.0. The lowest BCUT2D eigenvalue weighted by Gasteiger charge is -2.34. The third-order valence-electron chi connectivity index (χ3n) is 4.52. The first kappa shape index (κ1) is 17.8. The molecule has 4 rings (SSSR count). The molecule has 136 valence electrons. The third kappa shape index (κ3) is 3.47. The Bertz CT molecular complexity index is 1010. The maximum absolute atomic E-state index is 13.0. The van der Waals surface area contributed by atoms with Crippen molar-refractivity contribution in [3.05, 3.63) is 53.1 Å². The molecule has 0 bridgehead atoms. The van der Waals surface area contributed by atoms with Crippen molar-refractivity contribution < 1.29 is 8.42 Å². The summed E-state index contributed by atoms with van der Waals surface area (Å²) in [7, 11) is -3.57. The Morgan fingerprint density at radius 3 is 2.46 bits per heavy atom. The van der Waals surface area contributed by atoms with E-state index in [4.69, 9.17) is 11.6 Å². The Balaban J connectivity index is 1.47. The third-order valence-corrected chi connectivity index (χ3v) is 7.24. The van der Waals surface area contributed by atoms with E-state index in [1.54, 1.807) is 22.5 Å². The van der Waals surface area contributed by atoms with Gasteiger partial charge in [0.2, 0.25) is 10.0 Å². The first-order chi connectivity index (χ1) is 12.5. The molecule has 26 heavy (non-hydrogen) atoms. The number of halogens is 1. The van der Waals surface area contributed by atoms with Crippen molar-refractivity contribution in [3.63, 3.8) is 0 Å². The van der Waals surface area contributed by atoms with Crippen LogP contribution in [0.1, 0.15) is 5.56 Å². The van der Waals surface area contributed by atoms with Crippen molar-refractivity contribution >= 4 is 44.4 Å². The van der Waals surface area contributed by atoms with E-state index in [1.807, 2.05) is 24.3 Å². The fourth-order valence-electron chi connectivity index (χ4n) is 3.10. The molecule has 1 aromatic heterocycles. The smallest absolute Gasteiger partial charge is 0.245 e. The normalized spacial score (nSPS) is 17.0. The molecule has 0 atom stereocenters. The highest BCUT2D eigenvalue weighted by Crippen LogP contribution is 2.25. The van der Waals surface area contributed by atoms with Crippen LogP contribution in [0.3, 0.4) is 0 Å². The Labute approximate surface area is 161 Å². The summed E-state index contributed by atoms with van der Waals surface area (Å²) in [6, 6.07) is 12.9. The van der Waals surface area contributed by atoms with Crippen LogP contribution in [-0.2, 0) is 16.6 Å². The van der Waals surface area contributed by atoms with Crippen molar-refractivity contribution in [1.82, 2.24) is 18.0 Å². The Kier molecular flexibility index (Phi) is 4.94. The van der Waals surface area contributed by atoms with Crippen LogP contribution in [0.25, 0.3) is 11.0 Å². The van der Waals surface area contributed by atoms with E-state index in [9.17, 15) is 8.42 Å². The van der Waals surface area contributed by atoms with Gasteiger partial charge in [0.25, 0.3) is 0 Å². The molecule has 0 unspecified atom stereocenters. The minimum atomic E-state index is -3.57. The minimum absolute atomic E-state index is 0.245. The second-order valence-corrected chi connectivity index (χ2v) is 9.07. The van der Waals surface area contributed by atoms with Crippen LogP contribution in [-0.4, -0.2) is 52.5 Å². The van der Waals surface area contributed by atoms with Gasteiger partial charge in [0.05, 0.1) is 11.7 Å². The molecule has 0 amide bonds. The van der Waals surface area contributed by atoms with Gasteiger partial charge in [-0.3, -0.25) is 4.90 Å².